The Balaban J connectivity index is 0.995. The van der Waals surface area contributed by atoms with Crippen molar-refractivity contribution in [2.24, 2.45) is 5.92 Å². The lowest BCUT2D eigenvalue weighted by Crippen LogP contribution is -2.47. The van der Waals surface area contributed by atoms with Gasteiger partial charge in [0.15, 0.2) is 17.8 Å². The van der Waals surface area contributed by atoms with Crippen molar-refractivity contribution in [2.45, 2.75) is 75.8 Å². The molecule has 2 heterocycles. The van der Waals surface area contributed by atoms with Crippen LogP contribution < -0.4 is 19.5 Å². The molecule has 6 aromatic rings. The van der Waals surface area contributed by atoms with Crippen LogP contribution >= 0.6 is 0 Å². The molecule has 0 aromatic heterocycles. The molecule has 1 saturated heterocycles. The minimum absolute atomic E-state index is 0.0181. The SMILES string of the molecule is COc1cc2c(cc1OC)CN(C[C@H]1O[C@@H](c3ccc(-c4ccccc4CNC(=O)[C@@H](Cc4ccccc4)NS(=O)(=O)c4ccc(C)cc4)cc3)O[C@@H](c3ccc(CO)cc3)[C@H]1C)CC2. The van der Waals surface area contributed by atoms with E-state index in [4.69, 9.17) is 18.9 Å². The summed E-state index contributed by atoms with van der Waals surface area (Å²) in [6.07, 6.45) is 0.000551. The Labute approximate surface area is 382 Å². The number of ether oxygens (including phenoxy) is 4. The molecule has 0 aliphatic carbocycles. The average Bonchev–Trinajstić information content (AvgIpc) is 3.33. The molecule has 2 aliphatic heterocycles. The molecular formula is C53H57N3O8S. The Hall–Kier alpha value is -5.86. The molecule has 12 heteroatoms. The number of fused-ring (bicyclic) bond motifs is 1. The maximum Gasteiger partial charge on any atom is 0.241 e. The van der Waals surface area contributed by atoms with E-state index in [1.54, 1.807) is 38.5 Å². The van der Waals surface area contributed by atoms with Crippen molar-refractivity contribution < 1.29 is 37.3 Å². The summed E-state index contributed by atoms with van der Waals surface area (Å²) in [4.78, 5) is 16.4. The van der Waals surface area contributed by atoms with Crippen molar-refractivity contribution in [3.63, 3.8) is 0 Å². The lowest BCUT2D eigenvalue weighted by Gasteiger charge is -2.43. The minimum Gasteiger partial charge on any atom is -0.493 e. The van der Waals surface area contributed by atoms with E-state index in [1.165, 1.54) is 11.1 Å². The summed E-state index contributed by atoms with van der Waals surface area (Å²) in [5.74, 6) is 1.05. The van der Waals surface area contributed by atoms with Gasteiger partial charge in [-0.1, -0.05) is 128 Å². The van der Waals surface area contributed by atoms with Crippen LogP contribution in [0.2, 0.25) is 0 Å². The molecule has 5 atom stereocenters. The second-order valence-electron chi connectivity index (χ2n) is 17.0. The first kappa shape index (κ1) is 45.7. The summed E-state index contributed by atoms with van der Waals surface area (Å²) in [7, 11) is -0.667. The van der Waals surface area contributed by atoms with Crippen molar-refractivity contribution in [2.75, 3.05) is 27.3 Å². The molecule has 3 N–H and O–H groups in total. The molecule has 0 unspecified atom stereocenters. The standard InChI is InChI=1S/C53H57N3O8S/c1-35-14-24-45(25-15-35)65(59,60)55-47(28-37-10-6-5-7-11-37)52(58)54-31-43-12-8-9-13-46(43)39-20-22-41(23-21-39)53-63-50(36(2)51(64-53)40-18-16-38(34-57)17-19-40)33-56-27-26-42-29-48(61-3)49(62-4)30-44(42)32-56/h5-25,29-30,36,47,50-51,53,55,57H,26-28,31-34H2,1-4H3,(H,54,58)/t36-,47+,50+,51+,53+/m0/s1. The molecule has 0 radical (unpaired) electrons. The quantitative estimate of drug-likeness (QED) is 0.0879. The Morgan fingerprint density at radius 3 is 2.15 bits per heavy atom. The van der Waals surface area contributed by atoms with Crippen LogP contribution in [0.3, 0.4) is 0 Å². The Morgan fingerprint density at radius 1 is 0.800 bits per heavy atom. The molecule has 65 heavy (non-hydrogen) atoms. The van der Waals surface area contributed by atoms with Crippen LogP contribution in [0, 0.1) is 12.8 Å². The van der Waals surface area contributed by atoms with Gasteiger partial charge in [-0.25, -0.2) is 8.42 Å². The summed E-state index contributed by atoms with van der Waals surface area (Å²) < 4.78 is 54.6. The number of amides is 1. The Morgan fingerprint density at radius 2 is 1.46 bits per heavy atom. The number of aliphatic hydroxyl groups is 1. The molecular weight excluding hydrogens is 839 g/mol. The van der Waals surface area contributed by atoms with Gasteiger partial charge in [0.25, 0.3) is 0 Å². The second-order valence-corrected chi connectivity index (χ2v) is 18.7. The third-order valence-electron chi connectivity index (χ3n) is 12.6. The van der Waals surface area contributed by atoms with Gasteiger partial charge in [-0.05, 0) is 88.5 Å². The van der Waals surface area contributed by atoms with E-state index in [0.717, 1.165) is 75.5 Å². The first-order valence-corrected chi connectivity index (χ1v) is 23.6. The molecule has 1 amide bonds. The van der Waals surface area contributed by atoms with Crippen LogP contribution in [-0.4, -0.2) is 63.8 Å². The summed E-state index contributed by atoms with van der Waals surface area (Å²) >= 11 is 0. The van der Waals surface area contributed by atoms with Crippen molar-refractivity contribution in [3.05, 3.63) is 184 Å². The van der Waals surface area contributed by atoms with E-state index in [0.29, 0.717) is 6.54 Å². The average molecular weight is 896 g/mol. The molecule has 6 aromatic carbocycles. The fourth-order valence-electron chi connectivity index (χ4n) is 8.77. The van der Waals surface area contributed by atoms with Crippen LogP contribution in [0.15, 0.2) is 144 Å². The lowest BCUT2D eigenvalue weighted by molar-refractivity contribution is -0.276. The van der Waals surface area contributed by atoms with Crippen molar-refractivity contribution >= 4 is 15.9 Å². The van der Waals surface area contributed by atoms with Gasteiger partial charge in [0.2, 0.25) is 15.9 Å². The van der Waals surface area contributed by atoms with Gasteiger partial charge >= 0.3 is 0 Å². The summed E-state index contributed by atoms with van der Waals surface area (Å²) in [5.41, 5.74) is 9.72. The number of sulfonamides is 1. The van der Waals surface area contributed by atoms with E-state index in [1.807, 2.05) is 110 Å². The number of nitrogens with one attached hydrogen (secondary N) is 2. The van der Waals surface area contributed by atoms with E-state index >= 15 is 0 Å². The zero-order chi connectivity index (χ0) is 45.5. The fraction of sp³-hybridized carbons (Fsp3) is 0.302. The third kappa shape index (κ3) is 10.8. The van der Waals surface area contributed by atoms with Gasteiger partial charge in [-0.15, -0.1) is 0 Å². The molecule has 0 bridgehead atoms. The number of nitrogens with zero attached hydrogens (tertiary/aromatic N) is 1. The molecule has 2 aliphatic rings. The topological polar surface area (TPSA) is 136 Å². The maximum absolute atomic E-state index is 13.9. The molecule has 0 spiro atoms. The van der Waals surface area contributed by atoms with Crippen LogP contribution in [-0.2, 0) is 56.8 Å². The van der Waals surface area contributed by atoms with Crippen molar-refractivity contribution in [1.29, 1.82) is 0 Å². The second kappa shape index (κ2) is 20.5. The number of carbonyl (C=O) groups excluding carboxylic acids is 1. The van der Waals surface area contributed by atoms with Crippen molar-refractivity contribution in [3.8, 4) is 22.6 Å². The normalized spacial score (nSPS) is 19.2. The van der Waals surface area contributed by atoms with Gasteiger partial charge in [-0.3, -0.25) is 9.69 Å². The lowest BCUT2D eigenvalue weighted by atomic mass is 9.89. The van der Waals surface area contributed by atoms with Crippen LogP contribution in [0.4, 0.5) is 0 Å². The minimum atomic E-state index is -3.99. The van der Waals surface area contributed by atoms with Crippen LogP contribution in [0.5, 0.6) is 11.5 Å². The first-order valence-electron chi connectivity index (χ1n) is 22.1. The van der Waals surface area contributed by atoms with Gasteiger partial charge < -0.3 is 29.4 Å². The number of hydrogen-bond donors (Lipinski definition) is 3. The van der Waals surface area contributed by atoms with E-state index in [-0.39, 0.29) is 42.6 Å². The third-order valence-corrected chi connectivity index (χ3v) is 14.0. The fourth-order valence-corrected chi connectivity index (χ4v) is 9.97. The number of aryl methyl sites for hydroxylation is 1. The highest BCUT2D eigenvalue weighted by Crippen LogP contribution is 2.43. The van der Waals surface area contributed by atoms with Gasteiger partial charge in [-0.2, -0.15) is 4.72 Å². The Kier molecular flexibility index (Phi) is 14.4. The molecule has 8 rings (SSSR count). The van der Waals surface area contributed by atoms with Gasteiger partial charge in [0.05, 0.1) is 37.9 Å². The first-order chi connectivity index (χ1) is 31.5. The predicted molar refractivity (Wildman–Crippen MR) is 251 cm³/mol. The number of hydrogen-bond acceptors (Lipinski definition) is 9. The number of rotatable bonds is 16. The van der Waals surface area contributed by atoms with E-state index in [9.17, 15) is 18.3 Å². The molecule has 0 saturated carbocycles. The maximum atomic E-state index is 13.9. The number of benzene rings is 6. The predicted octanol–water partition coefficient (Wildman–Crippen LogP) is 8.23. The largest absolute Gasteiger partial charge is 0.493 e. The van der Waals surface area contributed by atoms with Crippen LogP contribution in [0.25, 0.3) is 11.1 Å². The number of carbonyl (C=O) groups is 1. The monoisotopic (exact) mass is 895 g/mol. The highest BCUT2D eigenvalue weighted by molar-refractivity contribution is 7.89. The van der Waals surface area contributed by atoms with Gasteiger partial charge in [0, 0.05) is 37.7 Å². The van der Waals surface area contributed by atoms with E-state index < -0.39 is 28.3 Å². The zero-order valence-electron chi connectivity index (χ0n) is 37.3. The number of aliphatic hydroxyl groups excluding tert-OH is 1. The Bertz CT molecular complexity index is 2660. The molecule has 338 valence electrons. The zero-order valence-corrected chi connectivity index (χ0v) is 38.1. The molecule has 1 fully saturated rings. The van der Waals surface area contributed by atoms with E-state index in [2.05, 4.69) is 34.0 Å². The summed E-state index contributed by atoms with van der Waals surface area (Å²) in [6.45, 7) is 6.56. The van der Waals surface area contributed by atoms with Crippen molar-refractivity contribution in [1.82, 2.24) is 14.9 Å². The highest BCUT2D eigenvalue weighted by Gasteiger charge is 2.39. The highest BCUT2D eigenvalue weighted by atomic mass is 32.2. The summed E-state index contributed by atoms with van der Waals surface area (Å²) in [5, 5.41) is 12.8. The number of methoxy groups -OCH3 is 2. The van der Waals surface area contributed by atoms with Gasteiger partial charge in [0.1, 0.15) is 6.04 Å². The molecule has 11 nitrogen and oxygen atoms in total. The smallest absolute Gasteiger partial charge is 0.241 e. The summed E-state index contributed by atoms with van der Waals surface area (Å²) in [6, 6.07) is 43.0. The van der Waals surface area contributed by atoms with Crippen LogP contribution in [0.1, 0.15) is 63.8 Å².